The molecule has 1 fully saturated rings. The van der Waals surface area contributed by atoms with E-state index in [1.54, 1.807) is 11.2 Å². The lowest BCUT2D eigenvalue weighted by Crippen LogP contribution is -2.50. The summed E-state index contributed by atoms with van der Waals surface area (Å²) in [6.45, 7) is 7.90. The average molecular weight is 279 g/mol. The number of aromatic nitrogens is 3. The van der Waals surface area contributed by atoms with E-state index in [0.717, 1.165) is 18.9 Å². The van der Waals surface area contributed by atoms with Gasteiger partial charge in [0.1, 0.15) is 11.9 Å². The van der Waals surface area contributed by atoms with E-state index in [4.69, 9.17) is 4.74 Å². The normalized spacial score (nSPS) is 25.4. The number of hydrogen-bond acceptors (Lipinski definition) is 5. The number of carbonyl (C=O) groups excluding carboxylic acids is 1. The van der Waals surface area contributed by atoms with E-state index in [1.165, 1.54) is 0 Å². The van der Waals surface area contributed by atoms with Gasteiger partial charge in [-0.2, -0.15) is 10.1 Å². The summed E-state index contributed by atoms with van der Waals surface area (Å²) in [7, 11) is 0. The Morgan fingerprint density at radius 1 is 1.50 bits per heavy atom. The fraction of sp³-hybridized carbons (Fsp3) is 0.769. The standard InChI is InChI=1S/C13H21N5O2/c1-13(2,3)20-12(19)17-5-4-10-9(7-17)6-14-11-15-8-16-18(10)11/h8-10H,4-7H2,1-3H3,(H,14,15,16). The lowest BCUT2D eigenvalue weighted by Gasteiger charge is -2.41. The third kappa shape index (κ3) is 2.44. The summed E-state index contributed by atoms with van der Waals surface area (Å²) in [5, 5.41) is 7.54. The second-order valence-corrected chi connectivity index (χ2v) is 6.45. The van der Waals surface area contributed by atoms with Gasteiger partial charge in [-0.05, 0) is 27.2 Å². The van der Waals surface area contributed by atoms with E-state index >= 15 is 0 Å². The molecule has 20 heavy (non-hydrogen) atoms. The minimum absolute atomic E-state index is 0.222. The van der Waals surface area contributed by atoms with Crippen molar-refractivity contribution < 1.29 is 9.53 Å². The Hall–Kier alpha value is -1.79. The monoisotopic (exact) mass is 279 g/mol. The first-order chi connectivity index (χ1) is 9.44. The van der Waals surface area contributed by atoms with Crippen LogP contribution in [0, 0.1) is 5.92 Å². The molecule has 1 N–H and O–H groups in total. The van der Waals surface area contributed by atoms with Crippen LogP contribution in [-0.4, -0.2) is 51.0 Å². The Bertz CT molecular complexity index is 507. The quantitative estimate of drug-likeness (QED) is 0.779. The number of hydrogen-bond donors (Lipinski definition) is 1. The van der Waals surface area contributed by atoms with Crippen molar-refractivity contribution in [1.29, 1.82) is 0 Å². The van der Waals surface area contributed by atoms with E-state index in [-0.39, 0.29) is 6.09 Å². The molecule has 3 rings (SSSR count). The molecule has 110 valence electrons. The number of nitrogens with zero attached hydrogens (tertiary/aromatic N) is 4. The second-order valence-electron chi connectivity index (χ2n) is 6.45. The van der Waals surface area contributed by atoms with Crippen LogP contribution in [0.2, 0.25) is 0 Å². The molecule has 2 atom stereocenters. The van der Waals surface area contributed by atoms with Crippen molar-refractivity contribution in [2.24, 2.45) is 5.92 Å². The van der Waals surface area contributed by atoms with Crippen LogP contribution in [0.3, 0.4) is 0 Å². The van der Waals surface area contributed by atoms with Gasteiger partial charge in [0, 0.05) is 25.6 Å². The number of rotatable bonds is 0. The SMILES string of the molecule is CC(C)(C)OC(=O)N1CCC2C(CNc3ncnn32)C1. The molecule has 0 bridgehead atoms. The van der Waals surface area contributed by atoms with Crippen LogP contribution in [-0.2, 0) is 4.74 Å². The van der Waals surface area contributed by atoms with Crippen LogP contribution in [0.5, 0.6) is 0 Å². The minimum atomic E-state index is -0.447. The van der Waals surface area contributed by atoms with Gasteiger partial charge in [-0.25, -0.2) is 9.48 Å². The molecule has 2 aliphatic rings. The number of nitrogens with one attached hydrogen (secondary N) is 1. The summed E-state index contributed by atoms with van der Waals surface area (Å²) in [5.74, 6) is 1.18. The molecule has 0 saturated carbocycles. The molecule has 1 aromatic heterocycles. The number of fused-ring (bicyclic) bond motifs is 3. The minimum Gasteiger partial charge on any atom is -0.444 e. The van der Waals surface area contributed by atoms with Crippen LogP contribution in [0.25, 0.3) is 0 Å². The molecular formula is C13H21N5O2. The van der Waals surface area contributed by atoms with Crippen molar-refractivity contribution in [2.75, 3.05) is 25.0 Å². The maximum Gasteiger partial charge on any atom is 0.410 e. The maximum absolute atomic E-state index is 12.1. The lowest BCUT2D eigenvalue weighted by molar-refractivity contribution is 0.0107. The van der Waals surface area contributed by atoms with Crippen molar-refractivity contribution in [2.45, 2.75) is 38.8 Å². The number of piperidine rings is 1. The van der Waals surface area contributed by atoms with Crippen LogP contribution >= 0.6 is 0 Å². The highest BCUT2D eigenvalue weighted by Crippen LogP contribution is 2.33. The van der Waals surface area contributed by atoms with Gasteiger partial charge in [-0.1, -0.05) is 0 Å². The van der Waals surface area contributed by atoms with Crippen molar-refractivity contribution in [3.05, 3.63) is 6.33 Å². The molecule has 7 nitrogen and oxygen atoms in total. The zero-order valence-electron chi connectivity index (χ0n) is 12.2. The molecular weight excluding hydrogens is 258 g/mol. The molecule has 0 aliphatic carbocycles. The highest BCUT2D eigenvalue weighted by atomic mass is 16.6. The highest BCUT2D eigenvalue weighted by molar-refractivity contribution is 5.68. The van der Waals surface area contributed by atoms with Crippen LogP contribution in [0.15, 0.2) is 6.33 Å². The van der Waals surface area contributed by atoms with Crippen molar-refractivity contribution in [3.8, 4) is 0 Å². The Morgan fingerprint density at radius 3 is 3.05 bits per heavy atom. The number of carbonyl (C=O) groups is 1. The molecule has 3 heterocycles. The molecule has 7 heteroatoms. The van der Waals surface area contributed by atoms with Crippen LogP contribution < -0.4 is 5.32 Å². The predicted molar refractivity (Wildman–Crippen MR) is 73.5 cm³/mol. The van der Waals surface area contributed by atoms with E-state index in [9.17, 15) is 4.79 Å². The number of ether oxygens (including phenoxy) is 1. The smallest absolute Gasteiger partial charge is 0.410 e. The van der Waals surface area contributed by atoms with Gasteiger partial charge in [0.05, 0.1) is 6.04 Å². The molecule has 0 spiro atoms. The van der Waals surface area contributed by atoms with E-state index < -0.39 is 5.60 Å². The molecule has 1 amide bonds. The predicted octanol–water partition coefficient (Wildman–Crippen LogP) is 1.50. The third-order valence-corrected chi connectivity index (χ3v) is 3.76. The molecule has 2 aliphatic heterocycles. The average Bonchev–Trinajstić information content (AvgIpc) is 2.84. The summed E-state index contributed by atoms with van der Waals surface area (Å²) in [6.07, 6.45) is 2.24. The van der Waals surface area contributed by atoms with E-state index in [2.05, 4.69) is 15.4 Å². The zero-order valence-corrected chi connectivity index (χ0v) is 12.2. The van der Waals surface area contributed by atoms with Gasteiger partial charge in [0.2, 0.25) is 5.95 Å². The molecule has 0 radical (unpaired) electrons. The van der Waals surface area contributed by atoms with Crippen LogP contribution in [0.1, 0.15) is 33.2 Å². The fourth-order valence-electron chi connectivity index (χ4n) is 2.88. The lowest BCUT2D eigenvalue weighted by atomic mass is 9.91. The van der Waals surface area contributed by atoms with Crippen LogP contribution in [0.4, 0.5) is 10.7 Å². The maximum atomic E-state index is 12.1. The van der Waals surface area contributed by atoms with Crippen molar-refractivity contribution in [3.63, 3.8) is 0 Å². The zero-order chi connectivity index (χ0) is 14.3. The van der Waals surface area contributed by atoms with Gasteiger partial charge in [-0.15, -0.1) is 0 Å². The Labute approximate surface area is 118 Å². The van der Waals surface area contributed by atoms with Crippen molar-refractivity contribution >= 4 is 12.0 Å². The van der Waals surface area contributed by atoms with Gasteiger partial charge >= 0.3 is 6.09 Å². The fourth-order valence-corrected chi connectivity index (χ4v) is 2.88. The Kier molecular flexibility index (Phi) is 3.07. The molecule has 2 unspecified atom stereocenters. The topological polar surface area (TPSA) is 72.3 Å². The largest absolute Gasteiger partial charge is 0.444 e. The van der Waals surface area contributed by atoms with Gasteiger partial charge < -0.3 is 15.0 Å². The number of amides is 1. The highest BCUT2D eigenvalue weighted by Gasteiger charge is 2.38. The third-order valence-electron chi connectivity index (χ3n) is 3.76. The number of anilines is 1. The second kappa shape index (κ2) is 4.64. The molecule has 0 aromatic carbocycles. The van der Waals surface area contributed by atoms with Gasteiger partial charge in [0.25, 0.3) is 0 Å². The first kappa shape index (κ1) is 13.2. The summed E-state index contributed by atoms with van der Waals surface area (Å²) in [6, 6.07) is 0.326. The molecule has 1 aromatic rings. The summed E-state index contributed by atoms with van der Waals surface area (Å²) in [5.41, 5.74) is -0.447. The molecule has 1 saturated heterocycles. The van der Waals surface area contributed by atoms with Gasteiger partial charge in [-0.3, -0.25) is 0 Å². The first-order valence-corrected chi connectivity index (χ1v) is 7.05. The van der Waals surface area contributed by atoms with E-state index in [1.807, 2.05) is 25.5 Å². The van der Waals surface area contributed by atoms with Crippen molar-refractivity contribution in [1.82, 2.24) is 19.7 Å². The van der Waals surface area contributed by atoms with Gasteiger partial charge in [0.15, 0.2) is 0 Å². The number of likely N-dealkylation sites (tertiary alicyclic amines) is 1. The first-order valence-electron chi connectivity index (χ1n) is 7.05. The Morgan fingerprint density at radius 2 is 2.30 bits per heavy atom. The summed E-state index contributed by atoms with van der Waals surface area (Å²) in [4.78, 5) is 18.1. The summed E-state index contributed by atoms with van der Waals surface area (Å²) >= 11 is 0. The van der Waals surface area contributed by atoms with E-state index in [0.29, 0.717) is 25.0 Å². The summed E-state index contributed by atoms with van der Waals surface area (Å²) < 4.78 is 7.39. The Balaban J connectivity index is 1.67.